The third-order valence-electron chi connectivity index (χ3n) is 11.1. The summed E-state index contributed by atoms with van der Waals surface area (Å²) in [6, 6.07) is 0. The molecule has 0 aromatic carbocycles. The number of rotatable bonds is 0. The Bertz CT molecular complexity index is 542. The van der Waals surface area contributed by atoms with E-state index in [1.807, 2.05) is 0 Å². The third-order valence-corrected chi connectivity index (χ3v) is 11.1. The zero-order valence-electron chi connectivity index (χ0n) is 18.3. The highest BCUT2D eigenvalue weighted by molar-refractivity contribution is 5.16. The molecule has 0 aliphatic heterocycles. The van der Waals surface area contributed by atoms with Gasteiger partial charge in [-0.25, -0.2) is 0 Å². The quantitative estimate of drug-likeness (QED) is 0.419. The summed E-state index contributed by atoms with van der Waals surface area (Å²) in [6.45, 7) is 18.6. The predicted octanol–water partition coefficient (Wildman–Crippen LogP) is 7.86. The Kier molecular flexibility index (Phi) is 3.88. The van der Waals surface area contributed by atoms with E-state index in [4.69, 9.17) is 0 Å². The van der Waals surface area contributed by atoms with E-state index in [9.17, 15) is 0 Å². The van der Waals surface area contributed by atoms with Gasteiger partial charge in [-0.2, -0.15) is 0 Å². The standard InChI is InChI=1S/C25H44/c1-21(2)13-8-15-23(5)18(21)12-17-25(7)20(23)11-10-19-22(3,4)14-9-16-24(19,25)6/h18-20H,8-17H2,1-7H3/t18-,19+,20-,23-,24+,25+/m0/s1. The average Bonchev–Trinajstić information content (AvgIpc) is 2.47. The molecule has 0 aromatic rings. The highest BCUT2D eigenvalue weighted by atomic mass is 14.7. The van der Waals surface area contributed by atoms with Crippen LogP contribution in [-0.4, -0.2) is 0 Å². The summed E-state index contributed by atoms with van der Waals surface area (Å²) < 4.78 is 0. The van der Waals surface area contributed by atoms with Gasteiger partial charge >= 0.3 is 0 Å². The van der Waals surface area contributed by atoms with Crippen molar-refractivity contribution in [3.8, 4) is 0 Å². The topological polar surface area (TPSA) is 0 Å². The van der Waals surface area contributed by atoms with Gasteiger partial charge in [0.2, 0.25) is 0 Å². The Morgan fingerprint density at radius 1 is 0.480 bits per heavy atom. The van der Waals surface area contributed by atoms with Crippen LogP contribution in [0.25, 0.3) is 0 Å². The van der Waals surface area contributed by atoms with E-state index in [-0.39, 0.29) is 0 Å². The van der Waals surface area contributed by atoms with E-state index in [0.29, 0.717) is 27.1 Å². The maximum Gasteiger partial charge on any atom is -0.0235 e. The van der Waals surface area contributed by atoms with Crippen LogP contribution in [0.15, 0.2) is 0 Å². The van der Waals surface area contributed by atoms with Crippen molar-refractivity contribution < 1.29 is 0 Å². The highest BCUT2D eigenvalue weighted by Gasteiger charge is 2.67. The molecule has 4 aliphatic rings. The minimum atomic E-state index is 0.560. The van der Waals surface area contributed by atoms with Crippen molar-refractivity contribution in [2.45, 2.75) is 113 Å². The summed E-state index contributed by atoms with van der Waals surface area (Å²) in [5, 5.41) is 0. The third kappa shape index (κ3) is 2.24. The lowest BCUT2D eigenvalue weighted by molar-refractivity contribution is -0.232. The van der Waals surface area contributed by atoms with E-state index < -0.39 is 0 Å². The second-order valence-electron chi connectivity index (χ2n) is 12.8. The van der Waals surface area contributed by atoms with Crippen LogP contribution < -0.4 is 0 Å². The van der Waals surface area contributed by atoms with E-state index >= 15 is 0 Å². The minimum absolute atomic E-state index is 0.560. The molecule has 0 aromatic heterocycles. The molecule has 0 saturated heterocycles. The Labute approximate surface area is 157 Å². The minimum Gasteiger partial charge on any atom is -0.0596 e. The van der Waals surface area contributed by atoms with Gasteiger partial charge in [0.05, 0.1) is 0 Å². The van der Waals surface area contributed by atoms with Crippen LogP contribution in [0.4, 0.5) is 0 Å². The van der Waals surface area contributed by atoms with Crippen molar-refractivity contribution in [2.75, 3.05) is 0 Å². The molecule has 0 radical (unpaired) electrons. The van der Waals surface area contributed by atoms with Crippen molar-refractivity contribution in [1.29, 1.82) is 0 Å². The molecular weight excluding hydrogens is 300 g/mol. The molecule has 4 saturated carbocycles. The first-order valence-corrected chi connectivity index (χ1v) is 11.5. The second-order valence-corrected chi connectivity index (χ2v) is 12.8. The second kappa shape index (κ2) is 5.29. The average molecular weight is 345 g/mol. The Morgan fingerprint density at radius 3 is 1.68 bits per heavy atom. The first-order valence-electron chi connectivity index (χ1n) is 11.5. The lowest BCUT2D eigenvalue weighted by Crippen LogP contribution is -2.64. The maximum atomic E-state index is 2.76. The molecule has 0 unspecified atom stereocenters. The van der Waals surface area contributed by atoms with Crippen LogP contribution in [0, 0.1) is 44.8 Å². The fraction of sp³-hybridized carbons (Fsp3) is 1.00. The fourth-order valence-electron chi connectivity index (χ4n) is 9.83. The molecule has 4 fully saturated rings. The van der Waals surface area contributed by atoms with Crippen molar-refractivity contribution in [2.24, 2.45) is 44.8 Å². The number of hydrogen-bond donors (Lipinski definition) is 0. The van der Waals surface area contributed by atoms with Crippen LogP contribution in [0.5, 0.6) is 0 Å². The summed E-state index contributed by atoms with van der Waals surface area (Å²) >= 11 is 0. The van der Waals surface area contributed by atoms with E-state index in [1.165, 1.54) is 64.2 Å². The maximum absolute atomic E-state index is 2.76. The van der Waals surface area contributed by atoms with Crippen molar-refractivity contribution >= 4 is 0 Å². The van der Waals surface area contributed by atoms with Gasteiger partial charge in [-0.15, -0.1) is 0 Å². The van der Waals surface area contributed by atoms with Gasteiger partial charge in [0.25, 0.3) is 0 Å². The van der Waals surface area contributed by atoms with Gasteiger partial charge in [0.15, 0.2) is 0 Å². The summed E-state index contributed by atoms with van der Waals surface area (Å²) in [7, 11) is 0. The SMILES string of the molecule is CC1(C)CCC[C@]2(C)[C@@H]1CC[C@H]1[C@@]3(C)CCCC(C)(C)[C@@H]3CC[C@]12C. The van der Waals surface area contributed by atoms with Crippen LogP contribution in [-0.2, 0) is 0 Å². The summed E-state index contributed by atoms with van der Waals surface area (Å²) in [5.74, 6) is 2.88. The first kappa shape index (κ1) is 18.4. The number of fused-ring (bicyclic) bond motifs is 5. The Balaban J connectivity index is 1.76. The molecule has 0 spiro atoms. The van der Waals surface area contributed by atoms with Gasteiger partial charge in [-0.1, -0.05) is 61.3 Å². The summed E-state index contributed by atoms with van der Waals surface area (Å²) in [6.07, 6.45) is 14.9. The van der Waals surface area contributed by atoms with Crippen LogP contribution in [0.3, 0.4) is 0 Å². The van der Waals surface area contributed by atoms with Crippen molar-refractivity contribution in [1.82, 2.24) is 0 Å². The molecule has 0 nitrogen and oxygen atoms in total. The molecule has 4 rings (SSSR count). The predicted molar refractivity (Wildman–Crippen MR) is 109 cm³/mol. The molecule has 0 bridgehead atoms. The zero-order chi connectivity index (χ0) is 18.3. The molecule has 144 valence electrons. The molecule has 0 heteroatoms. The van der Waals surface area contributed by atoms with E-state index in [2.05, 4.69) is 48.5 Å². The summed E-state index contributed by atoms with van der Waals surface area (Å²) in [4.78, 5) is 0. The smallest absolute Gasteiger partial charge is 0.0235 e. The number of hydrogen-bond acceptors (Lipinski definition) is 0. The van der Waals surface area contributed by atoms with Crippen molar-refractivity contribution in [3.05, 3.63) is 0 Å². The molecule has 0 heterocycles. The molecule has 6 atom stereocenters. The highest BCUT2D eigenvalue weighted by Crippen LogP contribution is 2.75. The Hall–Kier alpha value is 0. The van der Waals surface area contributed by atoms with Crippen LogP contribution in [0.2, 0.25) is 0 Å². The summed E-state index contributed by atoms with van der Waals surface area (Å²) in [5.41, 5.74) is 2.88. The molecular formula is C25H44. The van der Waals surface area contributed by atoms with Gasteiger partial charge in [-0.3, -0.25) is 0 Å². The van der Waals surface area contributed by atoms with Gasteiger partial charge < -0.3 is 0 Å². The Morgan fingerprint density at radius 2 is 1.00 bits per heavy atom. The lowest BCUT2D eigenvalue weighted by Gasteiger charge is -2.72. The normalized spacial score (nSPS) is 54.1. The fourth-order valence-corrected chi connectivity index (χ4v) is 9.83. The molecule has 25 heavy (non-hydrogen) atoms. The van der Waals surface area contributed by atoms with Gasteiger partial charge in [0, 0.05) is 0 Å². The monoisotopic (exact) mass is 344 g/mol. The van der Waals surface area contributed by atoms with Crippen LogP contribution in [0.1, 0.15) is 113 Å². The van der Waals surface area contributed by atoms with Crippen molar-refractivity contribution in [3.63, 3.8) is 0 Å². The largest absolute Gasteiger partial charge is 0.0596 e. The van der Waals surface area contributed by atoms with Gasteiger partial charge in [0.1, 0.15) is 0 Å². The molecule has 4 aliphatic carbocycles. The van der Waals surface area contributed by atoms with Crippen LogP contribution >= 0.6 is 0 Å². The lowest BCUT2D eigenvalue weighted by atomic mass is 9.33. The molecule has 0 N–H and O–H groups in total. The zero-order valence-corrected chi connectivity index (χ0v) is 18.3. The van der Waals surface area contributed by atoms with E-state index in [0.717, 1.165) is 17.8 Å². The van der Waals surface area contributed by atoms with Gasteiger partial charge in [-0.05, 0) is 96.2 Å². The van der Waals surface area contributed by atoms with E-state index in [1.54, 1.807) is 0 Å². The first-order chi connectivity index (χ1) is 11.5. The molecule has 0 amide bonds.